The van der Waals surface area contributed by atoms with E-state index < -0.39 is 11.7 Å². The predicted molar refractivity (Wildman–Crippen MR) is 88.7 cm³/mol. The number of piperazine rings is 1. The molecule has 1 fully saturated rings. The molecule has 0 amide bonds. The average molecular weight is 352 g/mol. The fourth-order valence-corrected chi connectivity index (χ4v) is 3.35. The highest BCUT2D eigenvalue weighted by Gasteiger charge is 2.34. The number of halogens is 4. The monoisotopic (exact) mass is 352 g/mol. The fourth-order valence-electron chi connectivity index (χ4n) is 3.35. The lowest BCUT2D eigenvalue weighted by Crippen LogP contribution is -2.45. The van der Waals surface area contributed by atoms with Gasteiger partial charge in [0.05, 0.1) is 5.56 Å². The van der Waals surface area contributed by atoms with Gasteiger partial charge in [0.15, 0.2) is 0 Å². The number of alkyl halides is 3. The molecular weight excluding hydrogens is 332 g/mol. The zero-order chi connectivity index (χ0) is 17.9. The molecule has 0 aliphatic carbocycles. The van der Waals surface area contributed by atoms with Gasteiger partial charge in [-0.1, -0.05) is 30.3 Å². The van der Waals surface area contributed by atoms with E-state index in [2.05, 4.69) is 10.2 Å². The molecule has 1 saturated heterocycles. The van der Waals surface area contributed by atoms with Crippen LogP contribution in [-0.4, -0.2) is 31.1 Å². The minimum absolute atomic E-state index is 0.194. The first-order valence-electron chi connectivity index (χ1n) is 8.30. The summed E-state index contributed by atoms with van der Waals surface area (Å²) in [6, 6.07) is 11.5. The molecule has 2 nitrogen and oxygen atoms in total. The molecule has 0 radical (unpaired) electrons. The summed E-state index contributed by atoms with van der Waals surface area (Å²) in [6.07, 6.45) is -4.20. The highest BCUT2D eigenvalue weighted by Crippen LogP contribution is 2.35. The Hall–Kier alpha value is -1.92. The van der Waals surface area contributed by atoms with Crippen molar-refractivity contribution in [3.63, 3.8) is 0 Å². The number of nitrogens with zero attached hydrogens (tertiary/aromatic N) is 1. The van der Waals surface area contributed by atoms with Crippen LogP contribution in [0.1, 0.15) is 22.7 Å². The molecule has 0 bridgehead atoms. The van der Waals surface area contributed by atoms with Gasteiger partial charge in [0.2, 0.25) is 0 Å². The maximum Gasteiger partial charge on any atom is 0.416 e. The molecule has 1 aliphatic heterocycles. The van der Waals surface area contributed by atoms with E-state index in [1.807, 2.05) is 0 Å². The summed E-state index contributed by atoms with van der Waals surface area (Å²) in [5.41, 5.74) is 0.327. The normalized spacial score (nSPS) is 17.4. The topological polar surface area (TPSA) is 15.3 Å². The molecule has 6 heteroatoms. The number of nitrogens with one attached hydrogen (secondary N) is 1. The lowest BCUT2D eigenvalue weighted by molar-refractivity contribution is -0.138. The van der Waals surface area contributed by atoms with Gasteiger partial charge in [-0.2, -0.15) is 13.2 Å². The van der Waals surface area contributed by atoms with Crippen LogP contribution in [-0.2, 0) is 12.6 Å². The number of rotatable bonds is 4. The SMILES string of the molecule is Fc1cccc(C(Cc2ccccc2C(F)(F)F)N2CCNCC2)c1. The lowest BCUT2D eigenvalue weighted by atomic mass is 9.93. The van der Waals surface area contributed by atoms with Crippen LogP contribution in [0.5, 0.6) is 0 Å². The summed E-state index contributed by atoms with van der Waals surface area (Å²) in [5, 5.41) is 3.24. The first kappa shape index (κ1) is 17.9. The van der Waals surface area contributed by atoms with Crippen molar-refractivity contribution >= 4 is 0 Å². The fraction of sp³-hybridized carbons (Fsp3) is 0.368. The van der Waals surface area contributed by atoms with Gasteiger partial charge in [0.25, 0.3) is 0 Å². The predicted octanol–water partition coefficient (Wildman–Crippen LogP) is 4.03. The van der Waals surface area contributed by atoms with Gasteiger partial charge in [0, 0.05) is 32.2 Å². The third kappa shape index (κ3) is 4.38. The van der Waals surface area contributed by atoms with Crippen molar-refractivity contribution in [1.82, 2.24) is 10.2 Å². The summed E-state index contributed by atoms with van der Waals surface area (Å²) >= 11 is 0. The van der Waals surface area contributed by atoms with E-state index in [0.29, 0.717) is 5.56 Å². The zero-order valence-electron chi connectivity index (χ0n) is 13.7. The summed E-state index contributed by atoms with van der Waals surface area (Å²) in [4.78, 5) is 2.12. The number of benzene rings is 2. The Bertz CT molecular complexity index is 709. The van der Waals surface area contributed by atoms with Gasteiger partial charge >= 0.3 is 6.18 Å². The smallest absolute Gasteiger partial charge is 0.314 e. The van der Waals surface area contributed by atoms with Gasteiger partial charge in [0.1, 0.15) is 5.82 Å². The van der Waals surface area contributed by atoms with Crippen LogP contribution in [0.15, 0.2) is 48.5 Å². The summed E-state index contributed by atoms with van der Waals surface area (Å²) in [6.45, 7) is 2.98. The maximum absolute atomic E-state index is 13.7. The summed E-state index contributed by atoms with van der Waals surface area (Å²) < 4.78 is 53.7. The molecular formula is C19H20F4N2. The van der Waals surface area contributed by atoms with Crippen LogP contribution < -0.4 is 5.32 Å². The number of hydrogen-bond donors (Lipinski definition) is 1. The van der Waals surface area contributed by atoms with E-state index >= 15 is 0 Å². The molecule has 0 spiro atoms. The Kier molecular flexibility index (Phi) is 5.39. The molecule has 134 valence electrons. The van der Waals surface area contributed by atoms with Crippen molar-refractivity contribution in [2.75, 3.05) is 26.2 Å². The van der Waals surface area contributed by atoms with Gasteiger partial charge in [-0.15, -0.1) is 0 Å². The van der Waals surface area contributed by atoms with E-state index in [4.69, 9.17) is 0 Å². The molecule has 1 aliphatic rings. The Morgan fingerprint density at radius 2 is 1.72 bits per heavy atom. The quantitative estimate of drug-likeness (QED) is 0.836. The standard InChI is InChI=1S/C19H20F4N2/c20-16-6-3-5-15(12-16)18(25-10-8-24-9-11-25)13-14-4-1-2-7-17(14)19(21,22)23/h1-7,12,18,24H,8-11,13H2. The highest BCUT2D eigenvalue weighted by atomic mass is 19.4. The summed E-state index contributed by atoms with van der Waals surface area (Å²) in [5.74, 6) is -0.373. The van der Waals surface area contributed by atoms with Gasteiger partial charge in [-0.3, -0.25) is 4.90 Å². The molecule has 0 aromatic heterocycles. The van der Waals surface area contributed by atoms with E-state index in [1.165, 1.54) is 24.3 Å². The van der Waals surface area contributed by atoms with Crippen LogP contribution in [0.3, 0.4) is 0 Å². The average Bonchev–Trinajstić information content (AvgIpc) is 2.60. The molecule has 2 aromatic rings. The van der Waals surface area contributed by atoms with Crippen molar-refractivity contribution in [3.8, 4) is 0 Å². The van der Waals surface area contributed by atoms with Crippen molar-refractivity contribution in [3.05, 3.63) is 71.0 Å². The van der Waals surface area contributed by atoms with Crippen molar-refractivity contribution < 1.29 is 17.6 Å². The third-order valence-electron chi connectivity index (χ3n) is 4.56. The second-order valence-electron chi connectivity index (χ2n) is 6.22. The van der Waals surface area contributed by atoms with Crippen LogP contribution in [0, 0.1) is 5.82 Å². The van der Waals surface area contributed by atoms with E-state index in [1.54, 1.807) is 18.2 Å². The van der Waals surface area contributed by atoms with E-state index in [0.717, 1.165) is 32.2 Å². The molecule has 2 aromatic carbocycles. The van der Waals surface area contributed by atoms with Crippen LogP contribution >= 0.6 is 0 Å². The number of hydrogen-bond acceptors (Lipinski definition) is 2. The Balaban J connectivity index is 1.96. The lowest BCUT2D eigenvalue weighted by Gasteiger charge is -2.35. The Morgan fingerprint density at radius 3 is 2.40 bits per heavy atom. The molecule has 25 heavy (non-hydrogen) atoms. The van der Waals surface area contributed by atoms with E-state index in [9.17, 15) is 17.6 Å². The Morgan fingerprint density at radius 1 is 1.00 bits per heavy atom. The second kappa shape index (κ2) is 7.54. The van der Waals surface area contributed by atoms with Crippen molar-refractivity contribution in [2.45, 2.75) is 18.6 Å². The molecule has 3 rings (SSSR count). The first-order valence-corrected chi connectivity index (χ1v) is 8.30. The van der Waals surface area contributed by atoms with Crippen LogP contribution in [0.4, 0.5) is 17.6 Å². The van der Waals surface area contributed by atoms with Gasteiger partial charge < -0.3 is 5.32 Å². The minimum Gasteiger partial charge on any atom is -0.314 e. The van der Waals surface area contributed by atoms with Gasteiger partial charge in [-0.25, -0.2) is 4.39 Å². The largest absolute Gasteiger partial charge is 0.416 e. The van der Waals surface area contributed by atoms with Crippen LogP contribution in [0.2, 0.25) is 0 Å². The Labute approximate surface area is 144 Å². The minimum atomic E-state index is -4.40. The third-order valence-corrected chi connectivity index (χ3v) is 4.56. The maximum atomic E-state index is 13.7. The molecule has 1 heterocycles. The first-order chi connectivity index (χ1) is 11.9. The highest BCUT2D eigenvalue weighted by molar-refractivity contribution is 5.32. The summed E-state index contributed by atoms with van der Waals surface area (Å²) in [7, 11) is 0. The van der Waals surface area contributed by atoms with Crippen molar-refractivity contribution in [1.29, 1.82) is 0 Å². The van der Waals surface area contributed by atoms with Crippen LogP contribution in [0.25, 0.3) is 0 Å². The zero-order valence-corrected chi connectivity index (χ0v) is 13.7. The molecule has 0 saturated carbocycles. The molecule has 1 unspecified atom stereocenters. The van der Waals surface area contributed by atoms with E-state index in [-0.39, 0.29) is 23.8 Å². The second-order valence-corrected chi connectivity index (χ2v) is 6.22. The molecule has 1 N–H and O–H groups in total. The van der Waals surface area contributed by atoms with Crippen molar-refractivity contribution in [2.24, 2.45) is 0 Å². The molecule has 1 atom stereocenters. The van der Waals surface area contributed by atoms with Gasteiger partial charge in [-0.05, 0) is 35.7 Å².